The fraction of sp³-hybridized carbons (Fsp3) is 0. The topological polar surface area (TPSA) is 69.9 Å². The van der Waals surface area contributed by atoms with Gasteiger partial charge in [-0.2, -0.15) is 0 Å². The standard InChI is InChI=1S/C57H34N4O2/c1-2-12-35(13-3-1)37-14-10-15-38(32-37)36-24-28-41(29-25-36)61-49-21-7-4-16-42(49)43-30-26-40(34-50(43)61)56-58-55(39-27-31-53-48(33-39)45-18-6-8-22-51(45)62-53)59-57(60-56)47-20-11-19-46-44-17-5-9-23-52(44)63-54(46)47/h1-34H. The van der Waals surface area contributed by atoms with E-state index in [1.807, 2.05) is 60.7 Å². The van der Waals surface area contributed by atoms with Crippen LogP contribution in [0.3, 0.4) is 0 Å². The Morgan fingerprint density at radius 1 is 0.302 bits per heavy atom. The molecule has 0 aliphatic heterocycles. The molecule has 6 nitrogen and oxygen atoms in total. The zero-order valence-corrected chi connectivity index (χ0v) is 33.7. The predicted octanol–water partition coefficient (Wildman–Crippen LogP) is 15.1. The highest BCUT2D eigenvalue weighted by molar-refractivity contribution is 6.11. The van der Waals surface area contributed by atoms with Gasteiger partial charge in [-0.05, 0) is 89.0 Å². The molecule has 6 heteroatoms. The summed E-state index contributed by atoms with van der Waals surface area (Å²) in [5.74, 6) is 1.65. The molecule has 4 heterocycles. The Bertz CT molecular complexity index is 3920. The molecule has 0 saturated carbocycles. The summed E-state index contributed by atoms with van der Waals surface area (Å²) in [4.78, 5) is 15.7. The Hall–Kier alpha value is -8.61. The lowest BCUT2D eigenvalue weighted by molar-refractivity contribution is 0.669. The van der Waals surface area contributed by atoms with E-state index >= 15 is 0 Å². The van der Waals surface area contributed by atoms with E-state index in [0.29, 0.717) is 17.5 Å². The molecule has 0 aliphatic rings. The smallest absolute Gasteiger partial charge is 0.167 e. The minimum absolute atomic E-state index is 0.532. The van der Waals surface area contributed by atoms with E-state index in [9.17, 15) is 0 Å². The first kappa shape index (κ1) is 35.2. The second-order valence-corrected chi connectivity index (χ2v) is 16.0. The summed E-state index contributed by atoms with van der Waals surface area (Å²) in [7, 11) is 0. The van der Waals surface area contributed by atoms with Crippen LogP contribution in [0, 0.1) is 0 Å². The van der Waals surface area contributed by atoms with Crippen molar-refractivity contribution in [3.05, 3.63) is 206 Å². The van der Waals surface area contributed by atoms with Gasteiger partial charge in [-0.25, -0.2) is 15.0 Å². The molecule has 0 N–H and O–H groups in total. The molecule has 0 amide bonds. The zero-order valence-electron chi connectivity index (χ0n) is 33.7. The molecule has 0 bridgehead atoms. The van der Waals surface area contributed by atoms with Crippen LogP contribution in [-0.2, 0) is 0 Å². The number of rotatable bonds is 6. The van der Waals surface area contributed by atoms with Gasteiger partial charge in [-0.1, -0.05) is 140 Å². The fourth-order valence-electron chi connectivity index (χ4n) is 9.24. The summed E-state index contributed by atoms with van der Waals surface area (Å²) in [6.45, 7) is 0. The normalized spacial score (nSPS) is 11.8. The number of hydrogen-bond acceptors (Lipinski definition) is 5. The molecule has 63 heavy (non-hydrogen) atoms. The second kappa shape index (κ2) is 14.0. The van der Waals surface area contributed by atoms with Crippen molar-refractivity contribution in [1.29, 1.82) is 0 Å². The van der Waals surface area contributed by atoms with Gasteiger partial charge in [0.15, 0.2) is 17.5 Å². The Labute approximate surface area is 361 Å². The molecule has 9 aromatic carbocycles. The molecule has 0 fully saturated rings. The largest absolute Gasteiger partial charge is 0.456 e. The van der Waals surface area contributed by atoms with Crippen LogP contribution in [0.2, 0.25) is 0 Å². The zero-order chi connectivity index (χ0) is 41.4. The maximum absolute atomic E-state index is 6.53. The Balaban J connectivity index is 0.983. The lowest BCUT2D eigenvalue weighted by Gasteiger charge is -2.12. The van der Waals surface area contributed by atoms with Crippen molar-refractivity contribution in [2.45, 2.75) is 0 Å². The van der Waals surface area contributed by atoms with Gasteiger partial charge >= 0.3 is 0 Å². The maximum Gasteiger partial charge on any atom is 0.167 e. The van der Waals surface area contributed by atoms with Crippen LogP contribution in [0.4, 0.5) is 0 Å². The monoisotopic (exact) mass is 806 g/mol. The highest BCUT2D eigenvalue weighted by atomic mass is 16.3. The third-order valence-corrected chi connectivity index (χ3v) is 12.3. The quantitative estimate of drug-likeness (QED) is 0.167. The molecule has 294 valence electrons. The number of hydrogen-bond donors (Lipinski definition) is 0. The van der Waals surface area contributed by atoms with Crippen LogP contribution in [-0.4, -0.2) is 19.5 Å². The molecular formula is C57H34N4O2. The van der Waals surface area contributed by atoms with Crippen LogP contribution in [0.1, 0.15) is 0 Å². The number of para-hydroxylation sites is 4. The highest BCUT2D eigenvalue weighted by Crippen LogP contribution is 2.39. The minimum Gasteiger partial charge on any atom is -0.456 e. The van der Waals surface area contributed by atoms with Gasteiger partial charge in [0.1, 0.15) is 22.3 Å². The average Bonchev–Trinajstić information content (AvgIpc) is 4.03. The van der Waals surface area contributed by atoms with Crippen LogP contribution in [0.5, 0.6) is 0 Å². The van der Waals surface area contributed by atoms with Gasteiger partial charge in [0.05, 0.1) is 16.6 Å². The van der Waals surface area contributed by atoms with Gasteiger partial charge in [0, 0.05) is 49.1 Å². The number of nitrogens with zero attached hydrogens (tertiary/aromatic N) is 4. The van der Waals surface area contributed by atoms with Crippen molar-refractivity contribution in [2.75, 3.05) is 0 Å². The first-order valence-electron chi connectivity index (χ1n) is 21.1. The van der Waals surface area contributed by atoms with Gasteiger partial charge in [0.25, 0.3) is 0 Å². The molecule has 0 atom stereocenters. The summed E-state index contributed by atoms with van der Waals surface area (Å²) >= 11 is 0. The Morgan fingerprint density at radius 3 is 1.63 bits per heavy atom. The van der Waals surface area contributed by atoms with Crippen molar-refractivity contribution in [1.82, 2.24) is 19.5 Å². The maximum atomic E-state index is 6.53. The third-order valence-electron chi connectivity index (χ3n) is 12.3. The molecular weight excluding hydrogens is 773 g/mol. The lowest BCUT2D eigenvalue weighted by Crippen LogP contribution is -2.01. The van der Waals surface area contributed by atoms with Gasteiger partial charge in [0.2, 0.25) is 0 Å². The molecule has 0 unspecified atom stereocenters. The summed E-state index contributed by atoms with van der Waals surface area (Å²) in [6, 6.07) is 71.8. The minimum atomic E-state index is 0.532. The Morgan fingerprint density at radius 2 is 0.841 bits per heavy atom. The molecule has 0 radical (unpaired) electrons. The van der Waals surface area contributed by atoms with Crippen molar-refractivity contribution >= 4 is 65.7 Å². The summed E-state index contributed by atoms with van der Waals surface area (Å²) in [5.41, 5.74) is 13.7. The Kier molecular flexibility index (Phi) is 7.80. The molecule has 13 rings (SSSR count). The number of benzene rings is 9. The predicted molar refractivity (Wildman–Crippen MR) is 256 cm³/mol. The van der Waals surface area contributed by atoms with Crippen molar-refractivity contribution in [2.24, 2.45) is 0 Å². The highest BCUT2D eigenvalue weighted by Gasteiger charge is 2.20. The molecule has 0 spiro atoms. The van der Waals surface area contributed by atoms with E-state index in [1.54, 1.807) is 0 Å². The van der Waals surface area contributed by atoms with E-state index < -0.39 is 0 Å². The van der Waals surface area contributed by atoms with Crippen molar-refractivity contribution < 1.29 is 8.83 Å². The van der Waals surface area contributed by atoms with E-state index in [4.69, 9.17) is 23.8 Å². The molecule has 4 aromatic heterocycles. The average molecular weight is 807 g/mol. The number of furan rings is 2. The molecule has 0 saturated heterocycles. The van der Waals surface area contributed by atoms with Gasteiger partial charge in [-0.3, -0.25) is 0 Å². The van der Waals surface area contributed by atoms with Crippen LogP contribution < -0.4 is 0 Å². The third kappa shape index (κ3) is 5.76. The summed E-state index contributed by atoms with van der Waals surface area (Å²) in [5, 5.41) is 6.43. The van der Waals surface area contributed by atoms with Crippen molar-refractivity contribution in [3.8, 4) is 62.1 Å². The SMILES string of the molecule is c1ccc(-c2cccc(-c3ccc(-n4c5ccccc5c5ccc(-c6nc(-c7ccc8oc9ccccc9c8c7)nc(-c7cccc8c7oc7ccccc78)n6)cc54)cc3)c2)cc1. The van der Waals surface area contributed by atoms with Gasteiger partial charge in [-0.15, -0.1) is 0 Å². The van der Waals surface area contributed by atoms with E-state index in [2.05, 4.69) is 150 Å². The number of fused-ring (bicyclic) bond motifs is 9. The van der Waals surface area contributed by atoms with Crippen LogP contribution in [0.25, 0.3) is 128 Å². The molecule has 13 aromatic rings. The van der Waals surface area contributed by atoms with E-state index in [0.717, 1.165) is 88.2 Å². The first-order chi connectivity index (χ1) is 31.2. The van der Waals surface area contributed by atoms with Gasteiger partial charge < -0.3 is 13.4 Å². The molecule has 0 aliphatic carbocycles. The number of aromatic nitrogens is 4. The fourth-order valence-corrected chi connectivity index (χ4v) is 9.24. The summed E-state index contributed by atoms with van der Waals surface area (Å²) in [6.07, 6.45) is 0. The second-order valence-electron chi connectivity index (χ2n) is 16.0. The van der Waals surface area contributed by atoms with Crippen molar-refractivity contribution in [3.63, 3.8) is 0 Å². The van der Waals surface area contributed by atoms with Crippen LogP contribution in [0.15, 0.2) is 215 Å². The first-order valence-corrected chi connectivity index (χ1v) is 21.1. The summed E-state index contributed by atoms with van der Waals surface area (Å²) < 4.78 is 15.1. The van der Waals surface area contributed by atoms with Crippen LogP contribution >= 0.6 is 0 Å². The lowest BCUT2D eigenvalue weighted by atomic mass is 9.99. The van der Waals surface area contributed by atoms with E-state index in [1.165, 1.54) is 22.1 Å². The van der Waals surface area contributed by atoms with E-state index in [-0.39, 0.29) is 0 Å².